The third kappa shape index (κ3) is 4.20. The molecule has 1 fully saturated rings. The van der Waals surface area contributed by atoms with E-state index in [1.807, 2.05) is 12.1 Å². The normalized spacial score (nSPS) is 17.1. The van der Waals surface area contributed by atoms with Crippen molar-refractivity contribution in [3.8, 4) is 0 Å². The number of carbonyl (C=O) groups excluding carboxylic acids is 1. The summed E-state index contributed by atoms with van der Waals surface area (Å²) in [5.41, 5.74) is 1.64. The van der Waals surface area contributed by atoms with E-state index in [0.29, 0.717) is 23.4 Å². The number of aryl methyl sites for hydroxylation is 1. The van der Waals surface area contributed by atoms with Crippen molar-refractivity contribution in [1.82, 2.24) is 5.32 Å². The van der Waals surface area contributed by atoms with Crippen molar-refractivity contribution in [2.45, 2.75) is 32.1 Å². The second-order valence-corrected chi connectivity index (χ2v) is 6.66. The topological polar surface area (TPSA) is 91.6 Å². The summed E-state index contributed by atoms with van der Waals surface area (Å²) in [4.78, 5) is 24.9. The Bertz CT molecular complexity index is 821. The molecule has 1 aromatic heterocycles. The Balaban J connectivity index is 1.77. The molecule has 1 saturated heterocycles. The van der Waals surface area contributed by atoms with E-state index >= 15 is 0 Å². The number of nitrogens with one attached hydrogen (secondary N) is 2. The first-order valence-electron chi connectivity index (χ1n) is 8.95. The number of amides is 1. The lowest BCUT2D eigenvalue weighted by Crippen LogP contribution is -2.30. The molecule has 1 aliphatic heterocycles. The van der Waals surface area contributed by atoms with Gasteiger partial charge in [0, 0.05) is 24.8 Å². The molecule has 6 heteroatoms. The van der Waals surface area contributed by atoms with Gasteiger partial charge < -0.3 is 20.2 Å². The summed E-state index contributed by atoms with van der Waals surface area (Å²) in [7, 11) is 0. The molecular formula is C20H24N2O4. The van der Waals surface area contributed by atoms with Gasteiger partial charge in [0.1, 0.15) is 11.3 Å². The highest BCUT2D eigenvalue weighted by molar-refractivity contribution is 6.04. The average molecular weight is 356 g/mol. The lowest BCUT2D eigenvalue weighted by Gasteiger charge is -2.22. The number of hydrogen-bond acceptors (Lipinski definition) is 5. The molecule has 26 heavy (non-hydrogen) atoms. The van der Waals surface area contributed by atoms with Crippen LogP contribution in [0, 0.1) is 6.92 Å². The fourth-order valence-corrected chi connectivity index (χ4v) is 3.28. The lowest BCUT2D eigenvalue weighted by molar-refractivity contribution is 0.102. The van der Waals surface area contributed by atoms with E-state index in [-0.39, 0.29) is 18.1 Å². The van der Waals surface area contributed by atoms with E-state index in [1.165, 1.54) is 0 Å². The van der Waals surface area contributed by atoms with Crippen LogP contribution in [0.2, 0.25) is 0 Å². The average Bonchev–Trinajstić information content (AvgIpc) is 2.64. The number of carbonyl (C=O) groups is 1. The highest BCUT2D eigenvalue weighted by Crippen LogP contribution is 2.24. The molecule has 1 aliphatic rings. The van der Waals surface area contributed by atoms with Crippen molar-refractivity contribution in [1.29, 1.82) is 0 Å². The number of aliphatic hydroxyl groups is 1. The molecule has 0 bridgehead atoms. The van der Waals surface area contributed by atoms with Gasteiger partial charge in [-0.25, -0.2) is 4.79 Å². The van der Waals surface area contributed by atoms with Crippen LogP contribution < -0.4 is 16.3 Å². The van der Waals surface area contributed by atoms with Crippen molar-refractivity contribution in [3.63, 3.8) is 0 Å². The first-order chi connectivity index (χ1) is 12.6. The molecule has 0 saturated carbocycles. The molecule has 3 rings (SSSR count). The molecule has 2 aromatic rings. The first kappa shape index (κ1) is 18.4. The summed E-state index contributed by atoms with van der Waals surface area (Å²) in [6, 6.07) is 8.98. The van der Waals surface area contributed by atoms with E-state index in [0.717, 1.165) is 31.5 Å². The van der Waals surface area contributed by atoms with Gasteiger partial charge in [0.05, 0.1) is 0 Å². The predicted octanol–water partition coefficient (Wildman–Crippen LogP) is 2.20. The van der Waals surface area contributed by atoms with Gasteiger partial charge in [-0.05, 0) is 62.1 Å². The van der Waals surface area contributed by atoms with Crippen molar-refractivity contribution in [2.24, 2.45) is 0 Å². The lowest BCUT2D eigenvalue weighted by atomic mass is 9.95. The van der Waals surface area contributed by atoms with Crippen LogP contribution >= 0.6 is 0 Å². The maximum atomic E-state index is 12.5. The largest absolute Gasteiger partial charge is 0.427 e. The smallest absolute Gasteiger partial charge is 0.349 e. The molecule has 0 aliphatic carbocycles. The molecule has 1 unspecified atom stereocenters. The van der Waals surface area contributed by atoms with Crippen LogP contribution in [0.1, 0.15) is 46.0 Å². The second kappa shape index (κ2) is 8.29. The van der Waals surface area contributed by atoms with Gasteiger partial charge in [-0.2, -0.15) is 0 Å². The molecule has 6 nitrogen and oxygen atoms in total. The van der Waals surface area contributed by atoms with Gasteiger partial charge in [0.2, 0.25) is 0 Å². The molecule has 138 valence electrons. The zero-order chi connectivity index (χ0) is 18.5. The van der Waals surface area contributed by atoms with Crippen LogP contribution in [0.25, 0.3) is 0 Å². The van der Waals surface area contributed by atoms with Crippen LogP contribution in [0.4, 0.5) is 5.69 Å². The molecule has 1 aromatic carbocycles. The Morgan fingerprint density at radius 2 is 2.12 bits per heavy atom. The Morgan fingerprint density at radius 1 is 1.35 bits per heavy atom. The number of rotatable bonds is 5. The Labute approximate surface area is 152 Å². The van der Waals surface area contributed by atoms with Gasteiger partial charge in [-0.3, -0.25) is 4.79 Å². The van der Waals surface area contributed by atoms with Gasteiger partial charge in [-0.15, -0.1) is 0 Å². The highest BCUT2D eigenvalue weighted by atomic mass is 16.4. The molecule has 3 N–H and O–H groups in total. The quantitative estimate of drug-likeness (QED) is 0.764. The summed E-state index contributed by atoms with van der Waals surface area (Å²) < 4.78 is 5.45. The monoisotopic (exact) mass is 356 g/mol. The summed E-state index contributed by atoms with van der Waals surface area (Å²) in [5, 5.41) is 15.0. The third-order valence-corrected chi connectivity index (χ3v) is 4.71. The molecule has 0 spiro atoms. The third-order valence-electron chi connectivity index (χ3n) is 4.71. The van der Waals surface area contributed by atoms with Gasteiger partial charge in [-0.1, -0.05) is 12.1 Å². The van der Waals surface area contributed by atoms with Gasteiger partial charge in [0.15, 0.2) is 0 Å². The predicted molar refractivity (Wildman–Crippen MR) is 99.7 cm³/mol. The van der Waals surface area contributed by atoms with E-state index in [2.05, 4.69) is 10.6 Å². The van der Waals surface area contributed by atoms with Crippen LogP contribution in [0.15, 0.2) is 39.5 Å². The van der Waals surface area contributed by atoms with Gasteiger partial charge in [0.25, 0.3) is 5.91 Å². The number of hydrogen-bond donors (Lipinski definition) is 3. The fraction of sp³-hybridized carbons (Fsp3) is 0.400. The summed E-state index contributed by atoms with van der Waals surface area (Å²) >= 11 is 0. The minimum absolute atomic E-state index is 0.0388. The van der Waals surface area contributed by atoms with Crippen LogP contribution in [-0.2, 0) is 6.42 Å². The van der Waals surface area contributed by atoms with Crippen LogP contribution in [0.3, 0.4) is 0 Å². The number of aliphatic hydroxyl groups excluding tert-OH is 1. The van der Waals surface area contributed by atoms with E-state index in [9.17, 15) is 9.59 Å². The summed E-state index contributed by atoms with van der Waals surface area (Å²) in [6.07, 6.45) is 2.58. The second-order valence-electron chi connectivity index (χ2n) is 6.66. The SMILES string of the molecule is Cc1cc(C2CCCNC2)oc(=O)c1C(=O)Nc1ccc(CCO)cc1. The molecule has 1 atom stereocenters. The standard InChI is InChI=1S/C20H24N2O4/c1-13-11-17(15-3-2-9-21-12-15)26-20(25)18(13)19(24)22-16-6-4-14(5-7-16)8-10-23/h4-7,11,15,21,23H,2-3,8-10,12H2,1H3,(H,22,24). The van der Waals surface area contributed by atoms with Crippen molar-refractivity contribution in [2.75, 3.05) is 25.0 Å². The van der Waals surface area contributed by atoms with Crippen molar-refractivity contribution < 1.29 is 14.3 Å². The first-order valence-corrected chi connectivity index (χ1v) is 8.95. The van der Waals surface area contributed by atoms with Crippen molar-refractivity contribution >= 4 is 11.6 Å². The molecule has 0 radical (unpaired) electrons. The van der Waals surface area contributed by atoms with E-state index in [1.54, 1.807) is 25.1 Å². The highest BCUT2D eigenvalue weighted by Gasteiger charge is 2.22. The minimum atomic E-state index is -0.597. The van der Waals surface area contributed by atoms with E-state index in [4.69, 9.17) is 9.52 Å². The summed E-state index contributed by atoms with van der Waals surface area (Å²) in [5.74, 6) is 0.343. The zero-order valence-corrected chi connectivity index (χ0v) is 14.9. The fourth-order valence-electron chi connectivity index (χ4n) is 3.28. The zero-order valence-electron chi connectivity index (χ0n) is 14.9. The Morgan fingerprint density at radius 3 is 2.73 bits per heavy atom. The number of benzene rings is 1. The molecule has 1 amide bonds. The van der Waals surface area contributed by atoms with E-state index < -0.39 is 11.5 Å². The Kier molecular flexibility index (Phi) is 5.85. The van der Waals surface area contributed by atoms with Crippen LogP contribution in [0.5, 0.6) is 0 Å². The maximum absolute atomic E-state index is 12.5. The van der Waals surface area contributed by atoms with Crippen molar-refractivity contribution in [3.05, 3.63) is 63.2 Å². The molecular weight excluding hydrogens is 332 g/mol. The number of piperidine rings is 1. The Hall–Kier alpha value is -2.44. The maximum Gasteiger partial charge on any atom is 0.349 e. The van der Waals surface area contributed by atoms with Crippen LogP contribution in [-0.4, -0.2) is 30.7 Å². The molecule has 2 heterocycles. The number of anilines is 1. The minimum Gasteiger partial charge on any atom is -0.427 e. The summed E-state index contributed by atoms with van der Waals surface area (Å²) in [6.45, 7) is 3.61. The van der Waals surface area contributed by atoms with Gasteiger partial charge >= 0.3 is 5.63 Å².